The number of benzene rings is 1. The van der Waals surface area contributed by atoms with Crippen molar-refractivity contribution >= 4 is 5.69 Å². The van der Waals surface area contributed by atoms with Crippen molar-refractivity contribution in [1.82, 2.24) is 10.2 Å². The quantitative estimate of drug-likeness (QED) is 0.861. The van der Waals surface area contributed by atoms with E-state index in [9.17, 15) is 0 Å². The highest BCUT2D eigenvalue weighted by atomic mass is 15.2. The molecule has 0 radical (unpaired) electrons. The Hall–Kier alpha value is -1.06. The smallest absolute Gasteiger partial charge is 0.0394 e. The Kier molecular flexibility index (Phi) is 5.44. The van der Waals surface area contributed by atoms with Crippen LogP contribution in [0.1, 0.15) is 30.9 Å². The number of nitrogens with zero attached hydrogens (tertiary/aromatic N) is 2. The minimum absolute atomic E-state index is 0.724. The molecule has 3 heteroatoms. The van der Waals surface area contributed by atoms with Crippen molar-refractivity contribution in [1.29, 1.82) is 0 Å². The maximum Gasteiger partial charge on any atom is 0.0394 e. The Bertz CT molecular complexity index is 430. The number of rotatable bonds is 6. The molecule has 0 amide bonds. The van der Waals surface area contributed by atoms with Crippen LogP contribution >= 0.6 is 0 Å². The number of anilines is 1. The van der Waals surface area contributed by atoms with Crippen LogP contribution in [0.2, 0.25) is 0 Å². The Balaban J connectivity index is 2.03. The molecule has 2 rings (SSSR count). The van der Waals surface area contributed by atoms with Gasteiger partial charge in [0.15, 0.2) is 0 Å². The second-order valence-electron chi connectivity index (χ2n) is 5.96. The minimum Gasteiger partial charge on any atom is -0.373 e. The van der Waals surface area contributed by atoms with Crippen molar-refractivity contribution in [3.63, 3.8) is 0 Å². The number of nitrogens with one attached hydrogen (secondary N) is 1. The fourth-order valence-corrected chi connectivity index (χ4v) is 3.39. The summed E-state index contributed by atoms with van der Waals surface area (Å²) < 4.78 is 0. The molecule has 1 aromatic rings. The van der Waals surface area contributed by atoms with Gasteiger partial charge >= 0.3 is 0 Å². The lowest BCUT2D eigenvalue weighted by atomic mass is 10.1. The largest absolute Gasteiger partial charge is 0.373 e. The average Bonchev–Trinajstić information content (AvgIpc) is 2.86. The first-order valence-corrected chi connectivity index (χ1v) is 7.85. The molecule has 3 nitrogen and oxygen atoms in total. The van der Waals surface area contributed by atoms with Crippen LogP contribution in [-0.4, -0.2) is 44.7 Å². The van der Waals surface area contributed by atoms with Crippen LogP contribution in [0, 0.1) is 6.92 Å². The van der Waals surface area contributed by atoms with Crippen LogP contribution in [0.4, 0.5) is 5.69 Å². The third-order valence-corrected chi connectivity index (χ3v) is 4.44. The summed E-state index contributed by atoms with van der Waals surface area (Å²) in [5, 5.41) is 3.21. The van der Waals surface area contributed by atoms with E-state index in [2.05, 4.69) is 54.2 Å². The lowest BCUT2D eigenvalue weighted by Crippen LogP contribution is -2.38. The normalized spacial score (nSPS) is 19.5. The summed E-state index contributed by atoms with van der Waals surface area (Å²) in [4.78, 5) is 5.04. The van der Waals surface area contributed by atoms with Gasteiger partial charge in [0.1, 0.15) is 0 Å². The molecule has 1 aromatic carbocycles. The zero-order valence-electron chi connectivity index (χ0n) is 13.4. The van der Waals surface area contributed by atoms with E-state index in [0.717, 1.165) is 19.1 Å². The van der Waals surface area contributed by atoms with Gasteiger partial charge < -0.3 is 10.2 Å². The lowest BCUT2D eigenvalue weighted by molar-refractivity contribution is 0.270. The maximum atomic E-state index is 3.21. The number of hydrogen-bond acceptors (Lipinski definition) is 3. The third kappa shape index (κ3) is 3.53. The van der Waals surface area contributed by atoms with Crippen LogP contribution in [0.5, 0.6) is 0 Å². The summed E-state index contributed by atoms with van der Waals surface area (Å²) in [6.07, 6.45) is 2.70. The van der Waals surface area contributed by atoms with Crippen LogP contribution < -0.4 is 10.2 Å². The number of likely N-dealkylation sites (N-methyl/N-ethyl adjacent to an activating group) is 2. The minimum atomic E-state index is 0.724. The Morgan fingerprint density at radius 1 is 1.40 bits per heavy atom. The molecule has 1 fully saturated rings. The van der Waals surface area contributed by atoms with Gasteiger partial charge in [-0.25, -0.2) is 0 Å². The van der Waals surface area contributed by atoms with Gasteiger partial charge in [-0.1, -0.05) is 19.1 Å². The second kappa shape index (κ2) is 7.09. The van der Waals surface area contributed by atoms with Crippen molar-refractivity contribution in [2.45, 2.75) is 39.3 Å². The van der Waals surface area contributed by atoms with Crippen molar-refractivity contribution in [2.24, 2.45) is 0 Å². The second-order valence-corrected chi connectivity index (χ2v) is 5.96. The van der Waals surface area contributed by atoms with Crippen molar-refractivity contribution in [2.75, 3.05) is 38.6 Å². The fraction of sp³-hybridized carbons (Fsp3) is 0.647. The van der Waals surface area contributed by atoms with Gasteiger partial charge in [0, 0.05) is 31.9 Å². The molecular formula is C17H29N3. The molecule has 0 spiro atoms. The Labute approximate surface area is 124 Å². The standard InChI is InChI=1S/C17H29N3/c1-5-20-10-6-7-16(20)13-19(4)17-9-8-15(12-18-3)11-14(17)2/h8-9,11,16,18H,5-7,10,12-13H2,1-4H3. The van der Waals surface area contributed by atoms with E-state index in [1.165, 1.54) is 42.7 Å². The molecule has 1 aliphatic heterocycles. The van der Waals surface area contributed by atoms with Crippen molar-refractivity contribution in [3.8, 4) is 0 Å². The van der Waals surface area contributed by atoms with E-state index in [0.29, 0.717) is 0 Å². The average molecular weight is 275 g/mol. The third-order valence-electron chi connectivity index (χ3n) is 4.44. The zero-order valence-corrected chi connectivity index (χ0v) is 13.4. The van der Waals surface area contributed by atoms with E-state index in [4.69, 9.17) is 0 Å². The molecule has 0 aliphatic carbocycles. The number of aryl methyl sites for hydroxylation is 1. The van der Waals surface area contributed by atoms with E-state index in [1.807, 2.05) is 7.05 Å². The first-order valence-electron chi connectivity index (χ1n) is 7.85. The lowest BCUT2D eigenvalue weighted by Gasteiger charge is -2.30. The van der Waals surface area contributed by atoms with Gasteiger partial charge in [0.25, 0.3) is 0 Å². The topological polar surface area (TPSA) is 18.5 Å². The molecule has 0 aromatic heterocycles. The molecule has 0 saturated carbocycles. The first kappa shape index (κ1) is 15.3. The van der Waals surface area contributed by atoms with Gasteiger partial charge in [-0.2, -0.15) is 0 Å². The van der Waals surface area contributed by atoms with Gasteiger partial charge in [-0.15, -0.1) is 0 Å². The van der Waals surface area contributed by atoms with E-state index >= 15 is 0 Å². The molecule has 0 bridgehead atoms. The van der Waals surface area contributed by atoms with Crippen LogP contribution in [-0.2, 0) is 6.54 Å². The molecule has 1 saturated heterocycles. The summed E-state index contributed by atoms with van der Waals surface area (Å²) in [5.74, 6) is 0. The summed E-state index contributed by atoms with van der Waals surface area (Å²) in [7, 11) is 4.22. The molecule has 20 heavy (non-hydrogen) atoms. The van der Waals surface area contributed by atoms with Crippen molar-refractivity contribution < 1.29 is 0 Å². The molecule has 1 heterocycles. The van der Waals surface area contributed by atoms with Gasteiger partial charge in [0.05, 0.1) is 0 Å². The van der Waals surface area contributed by atoms with Crippen LogP contribution in [0.3, 0.4) is 0 Å². The van der Waals surface area contributed by atoms with E-state index in [1.54, 1.807) is 0 Å². The number of hydrogen-bond donors (Lipinski definition) is 1. The Morgan fingerprint density at radius 2 is 2.20 bits per heavy atom. The van der Waals surface area contributed by atoms with Gasteiger partial charge in [-0.05, 0) is 57.1 Å². The molecular weight excluding hydrogens is 246 g/mol. The molecule has 1 aliphatic rings. The fourth-order valence-electron chi connectivity index (χ4n) is 3.39. The first-order chi connectivity index (χ1) is 9.65. The highest BCUT2D eigenvalue weighted by molar-refractivity contribution is 5.54. The SMILES string of the molecule is CCN1CCCC1CN(C)c1ccc(CNC)cc1C. The summed E-state index contributed by atoms with van der Waals surface area (Å²) in [5.41, 5.74) is 4.10. The molecule has 1 atom stereocenters. The van der Waals surface area contributed by atoms with Gasteiger partial charge in [-0.3, -0.25) is 4.90 Å². The summed E-state index contributed by atoms with van der Waals surface area (Å²) in [6.45, 7) is 9.03. The zero-order chi connectivity index (χ0) is 14.5. The predicted molar refractivity (Wildman–Crippen MR) is 87.5 cm³/mol. The van der Waals surface area contributed by atoms with Crippen molar-refractivity contribution in [3.05, 3.63) is 29.3 Å². The molecule has 112 valence electrons. The predicted octanol–water partition coefficient (Wildman–Crippen LogP) is 2.63. The summed E-state index contributed by atoms with van der Waals surface area (Å²) in [6, 6.07) is 7.53. The monoisotopic (exact) mass is 275 g/mol. The summed E-state index contributed by atoms with van der Waals surface area (Å²) >= 11 is 0. The van der Waals surface area contributed by atoms with E-state index < -0.39 is 0 Å². The van der Waals surface area contributed by atoms with Crippen LogP contribution in [0.15, 0.2) is 18.2 Å². The highest BCUT2D eigenvalue weighted by Gasteiger charge is 2.24. The maximum absolute atomic E-state index is 3.21. The highest BCUT2D eigenvalue weighted by Crippen LogP contribution is 2.23. The number of likely N-dealkylation sites (tertiary alicyclic amines) is 1. The molecule has 1 N–H and O–H groups in total. The van der Waals surface area contributed by atoms with E-state index in [-0.39, 0.29) is 0 Å². The van der Waals surface area contributed by atoms with Gasteiger partial charge in [0.2, 0.25) is 0 Å². The Morgan fingerprint density at radius 3 is 2.85 bits per heavy atom. The van der Waals surface area contributed by atoms with Crippen LogP contribution in [0.25, 0.3) is 0 Å². The molecule has 1 unspecified atom stereocenters.